The molecule has 1 heterocycles. The van der Waals surface area contributed by atoms with Gasteiger partial charge in [-0.15, -0.1) is 0 Å². The minimum atomic E-state index is 0.463. The predicted octanol–water partition coefficient (Wildman–Crippen LogP) is 4.15. The molecule has 0 radical (unpaired) electrons. The Morgan fingerprint density at radius 1 is 1.25 bits per heavy atom. The summed E-state index contributed by atoms with van der Waals surface area (Å²) >= 11 is 0. The van der Waals surface area contributed by atoms with E-state index in [2.05, 4.69) is 24.9 Å². The van der Waals surface area contributed by atoms with Gasteiger partial charge in [-0.2, -0.15) is 0 Å². The Hall–Kier alpha value is -1.87. The fraction of sp³-hybridized carbons (Fsp3) is 0.353. The van der Waals surface area contributed by atoms with Crippen LogP contribution in [0.4, 0.5) is 0 Å². The number of pyridine rings is 1. The Morgan fingerprint density at radius 3 is 2.70 bits per heavy atom. The number of nitrogens with zero attached hydrogens (tertiary/aromatic N) is 1. The summed E-state index contributed by atoms with van der Waals surface area (Å²) < 4.78 is 5.99. The summed E-state index contributed by atoms with van der Waals surface area (Å²) in [7, 11) is 0. The Bertz CT molecular complexity index is 581. The highest BCUT2D eigenvalue weighted by Gasteiger charge is 2.11. The molecule has 1 aromatic heterocycles. The summed E-state index contributed by atoms with van der Waals surface area (Å²) in [5.74, 6) is 1.95. The number of rotatable bonds is 5. The number of hydrogen-bond acceptors (Lipinski definition) is 3. The van der Waals surface area contributed by atoms with Crippen LogP contribution in [-0.4, -0.2) is 4.98 Å². The molecule has 1 atom stereocenters. The van der Waals surface area contributed by atoms with Crippen molar-refractivity contribution in [3.63, 3.8) is 0 Å². The third kappa shape index (κ3) is 3.36. The van der Waals surface area contributed by atoms with E-state index in [1.54, 1.807) is 0 Å². The van der Waals surface area contributed by atoms with E-state index in [4.69, 9.17) is 10.5 Å². The molecule has 106 valence electrons. The zero-order chi connectivity index (χ0) is 14.5. The highest BCUT2D eigenvalue weighted by atomic mass is 16.5. The summed E-state index contributed by atoms with van der Waals surface area (Å²) in [6.45, 7) is 6.83. The van der Waals surface area contributed by atoms with Gasteiger partial charge in [0.25, 0.3) is 0 Å². The van der Waals surface area contributed by atoms with Crippen molar-refractivity contribution in [1.29, 1.82) is 0 Å². The van der Waals surface area contributed by atoms with Crippen LogP contribution in [-0.2, 0) is 6.54 Å². The highest BCUT2D eigenvalue weighted by molar-refractivity contribution is 5.39. The Kier molecular flexibility index (Phi) is 4.74. The van der Waals surface area contributed by atoms with E-state index < -0.39 is 0 Å². The molecule has 0 aliphatic rings. The molecule has 2 N–H and O–H groups in total. The number of hydrogen-bond donors (Lipinski definition) is 1. The van der Waals surface area contributed by atoms with Crippen LogP contribution >= 0.6 is 0 Å². The molecule has 2 aromatic rings. The third-order valence-electron chi connectivity index (χ3n) is 3.50. The van der Waals surface area contributed by atoms with Gasteiger partial charge in [0.15, 0.2) is 0 Å². The van der Waals surface area contributed by atoms with Crippen molar-refractivity contribution in [3.05, 3.63) is 53.2 Å². The normalized spacial score (nSPS) is 12.2. The quantitative estimate of drug-likeness (QED) is 0.887. The molecule has 3 nitrogen and oxygen atoms in total. The Labute approximate surface area is 120 Å². The van der Waals surface area contributed by atoms with Gasteiger partial charge in [0.05, 0.1) is 0 Å². The molecular weight excluding hydrogens is 248 g/mol. The first-order chi connectivity index (χ1) is 9.63. The Balaban J connectivity index is 2.32. The number of nitrogens with two attached hydrogens (primary N) is 1. The number of aromatic nitrogens is 1. The molecule has 0 saturated heterocycles. The second kappa shape index (κ2) is 6.53. The summed E-state index contributed by atoms with van der Waals surface area (Å²) in [6, 6.07) is 12.0. The van der Waals surface area contributed by atoms with Crippen LogP contribution < -0.4 is 10.5 Å². The first-order valence-corrected chi connectivity index (χ1v) is 7.08. The van der Waals surface area contributed by atoms with E-state index >= 15 is 0 Å². The van der Waals surface area contributed by atoms with Gasteiger partial charge in [-0.1, -0.05) is 32.0 Å². The number of benzene rings is 1. The summed E-state index contributed by atoms with van der Waals surface area (Å²) in [4.78, 5) is 4.43. The second-order valence-corrected chi connectivity index (χ2v) is 5.11. The van der Waals surface area contributed by atoms with Gasteiger partial charge in [0, 0.05) is 18.3 Å². The first-order valence-electron chi connectivity index (χ1n) is 7.08. The van der Waals surface area contributed by atoms with Crippen molar-refractivity contribution in [2.24, 2.45) is 5.73 Å². The summed E-state index contributed by atoms with van der Waals surface area (Å²) in [5, 5.41) is 0. The van der Waals surface area contributed by atoms with Crippen LogP contribution in [0.15, 0.2) is 36.4 Å². The van der Waals surface area contributed by atoms with Gasteiger partial charge in [-0.25, -0.2) is 4.98 Å². The number of para-hydroxylation sites is 1. The average Bonchev–Trinajstić information content (AvgIpc) is 2.46. The molecule has 0 bridgehead atoms. The lowest BCUT2D eigenvalue weighted by molar-refractivity contribution is 0.450. The smallest absolute Gasteiger partial charge is 0.219 e. The van der Waals surface area contributed by atoms with E-state index in [0.717, 1.165) is 23.4 Å². The lowest BCUT2D eigenvalue weighted by Crippen LogP contribution is -2.01. The molecule has 0 spiro atoms. The lowest BCUT2D eigenvalue weighted by Gasteiger charge is -2.15. The van der Waals surface area contributed by atoms with Crippen molar-refractivity contribution in [2.45, 2.75) is 39.7 Å². The zero-order valence-corrected chi connectivity index (χ0v) is 12.4. The van der Waals surface area contributed by atoms with Crippen LogP contribution in [0.3, 0.4) is 0 Å². The molecule has 0 amide bonds. The average molecular weight is 270 g/mol. The topological polar surface area (TPSA) is 48.1 Å². The number of aryl methyl sites for hydroxylation is 1. The molecular formula is C17H22N2O. The minimum absolute atomic E-state index is 0.463. The maximum absolute atomic E-state index is 5.99. The van der Waals surface area contributed by atoms with Crippen LogP contribution in [0.25, 0.3) is 0 Å². The molecule has 2 rings (SSSR count). The summed E-state index contributed by atoms with van der Waals surface area (Å²) in [6.07, 6.45) is 1.08. The first kappa shape index (κ1) is 14.5. The van der Waals surface area contributed by atoms with Gasteiger partial charge in [0.2, 0.25) is 5.88 Å². The predicted molar refractivity (Wildman–Crippen MR) is 82.1 cm³/mol. The molecule has 1 aromatic carbocycles. The summed E-state index contributed by atoms with van der Waals surface area (Å²) in [5.41, 5.74) is 8.87. The monoisotopic (exact) mass is 270 g/mol. The van der Waals surface area contributed by atoms with Gasteiger partial charge in [0.1, 0.15) is 5.75 Å². The second-order valence-electron chi connectivity index (χ2n) is 5.11. The molecule has 3 heteroatoms. The molecule has 0 saturated carbocycles. The van der Waals surface area contributed by atoms with E-state index in [9.17, 15) is 0 Å². The van der Waals surface area contributed by atoms with Gasteiger partial charge in [-0.3, -0.25) is 0 Å². The van der Waals surface area contributed by atoms with Gasteiger partial charge < -0.3 is 10.5 Å². The van der Waals surface area contributed by atoms with Crippen molar-refractivity contribution in [3.8, 4) is 11.6 Å². The number of ether oxygens (including phenoxy) is 1. The van der Waals surface area contributed by atoms with Gasteiger partial charge in [-0.05, 0) is 42.5 Å². The molecule has 1 unspecified atom stereocenters. The van der Waals surface area contributed by atoms with Gasteiger partial charge >= 0.3 is 0 Å². The van der Waals surface area contributed by atoms with Crippen molar-refractivity contribution >= 4 is 0 Å². The molecule has 0 aliphatic carbocycles. The molecule has 0 aliphatic heterocycles. The van der Waals surface area contributed by atoms with E-state index in [-0.39, 0.29) is 0 Å². The third-order valence-corrected chi connectivity index (χ3v) is 3.50. The van der Waals surface area contributed by atoms with Crippen molar-refractivity contribution < 1.29 is 4.74 Å². The largest absolute Gasteiger partial charge is 0.439 e. The fourth-order valence-corrected chi connectivity index (χ4v) is 2.19. The van der Waals surface area contributed by atoms with Crippen molar-refractivity contribution in [1.82, 2.24) is 4.98 Å². The van der Waals surface area contributed by atoms with Crippen molar-refractivity contribution in [2.75, 3.05) is 0 Å². The van der Waals surface area contributed by atoms with Crippen LogP contribution in [0.5, 0.6) is 11.6 Å². The SMILES string of the molecule is CCC(C)c1ccccc1Oc1cc(CN)cc(C)n1. The van der Waals surface area contributed by atoms with E-state index in [0.29, 0.717) is 18.3 Å². The fourth-order valence-electron chi connectivity index (χ4n) is 2.19. The maximum Gasteiger partial charge on any atom is 0.219 e. The molecule has 20 heavy (non-hydrogen) atoms. The van der Waals surface area contributed by atoms with E-state index in [1.807, 2.05) is 37.3 Å². The minimum Gasteiger partial charge on any atom is -0.439 e. The zero-order valence-electron chi connectivity index (χ0n) is 12.4. The molecule has 0 fully saturated rings. The van der Waals surface area contributed by atoms with Crippen LogP contribution in [0, 0.1) is 6.92 Å². The maximum atomic E-state index is 5.99. The Morgan fingerprint density at radius 2 is 2.00 bits per heavy atom. The standard InChI is InChI=1S/C17H22N2O/c1-4-12(2)15-7-5-6-8-16(15)20-17-10-14(11-18)9-13(3)19-17/h5-10,12H,4,11,18H2,1-3H3. The highest BCUT2D eigenvalue weighted by Crippen LogP contribution is 2.31. The van der Waals surface area contributed by atoms with Crippen LogP contribution in [0.2, 0.25) is 0 Å². The lowest BCUT2D eigenvalue weighted by atomic mass is 9.98. The van der Waals surface area contributed by atoms with E-state index in [1.165, 1.54) is 5.56 Å². The van der Waals surface area contributed by atoms with Crippen LogP contribution in [0.1, 0.15) is 43.0 Å².